The average Bonchev–Trinajstić information content (AvgIpc) is 3.46. The lowest BCUT2D eigenvalue weighted by atomic mass is 9.77. The van der Waals surface area contributed by atoms with Crippen LogP contribution in [-0.4, -0.2) is 20.7 Å². The van der Waals surface area contributed by atoms with Crippen LogP contribution >= 0.6 is 0 Å². The van der Waals surface area contributed by atoms with Gasteiger partial charge in [-0.15, -0.1) is 0 Å². The van der Waals surface area contributed by atoms with Gasteiger partial charge in [0.15, 0.2) is 0 Å². The number of nitrogens with zero attached hydrogens (tertiary/aromatic N) is 3. The molecule has 0 radical (unpaired) electrons. The van der Waals surface area contributed by atoms with E-state index in [4.69, 9.17) is 0 Å². The second-order valence-electron chi connectivity index (χ2n) is 7.99. The summed E-state index contributed by atoms with van der Waals surface area (Å²) in [5, 5.41) is 7.12. The van der Waals surface area contributed by atoms with Crippen molar-refractivity contribution in [3.05, 3.63) is 77.9 Å². The minimum atomic E-state index is -4.44. The standard InChI is InChI=1S/C23H23F3N4O/c1-16(17-7-9-20(10-8-17)30-15-27-14-28-30)29-21(31)22(11-2-3-12-22)18-5-4-6-19(13-18)23(24,25)26/h4-10,13-16H,2-3,11-12H2,1H3,(H,29,31). The van der Waals surface area contributed by atoms with Crippen LogP contribution in [0.1, 0.15) is 55.3 Å². The number of amides is 1. The van der Waals surface area contributed by atoms with Gasteiger partial charge in [-0.3, -0.25) is 4.79 Å². The number of carbonyl (C=O) groups is 1. The number of rotatable bonds is 5. The maximum Gasteiger partial charge on any atom is 0.416 e. The van der Waals surface area contributed by atoms with Crippen molar-refractivity contribution in [2.45, 2.75) is 50.2 Å². The largest absolute Gasteiger partial charge is 0.416 e. The molecule has 0 spiro atoms. The van der Waals surface area contributed by atoms with Gasteiger partial charge in [0.25, 0.3) is 0 Å². The molecule has 1 aromatic heterocycles. The van der Waals surface area contributed by atoms with Crippen LogP contribution in [0, 0.1) is 0 Å². The van der Waals surface area contributed by atoms with E-state index in [9.17, 15) is 18.0 Å². The summed E-state index contributed by atoms with van der Waals surface area (Å²) in [7, 11) is 0. The first kappa shape index (κ1) is 21.1. The Bertz CT molecular complexity index is 1040. The van der Waals surface area contributed by atoms with Gasteiger partial charge in [-0.25, -0.2) is 9.67 Å². The van der Waals surface area contributed by atoms with E-state index in [2.05, 4.69) is 15.4 Å². The summed E-state index contributed by atoms with van der Waals surface area (Å²) in [5.41, 5.74) is 0.521. The fraction of sp³-hybridized carbons (Fsp3) is 0.348. The molecular weight excluding hydrogens is 405 g/mol. The van der Waals surface area contributed by atoms with Crippen LogP contribution in [0.15, 0.2) is 61.2 Å². The van der Waals surface area contributed by atoms with Crippen molar-refractivity contribution in [3.63, 3.8) is 0 Å². The van der Waals surface area contributed by atoms with Crippen molar-refractivity contribution >= 4 is 5.91 Å². The maximum atomic E-state index is 13.4. The highest BCUT2D eigenvalue weighted by Crippen LogP contribution is 2.43. The van der Waals surface area contributed by atoms with E-state index in [1.165, 1.54) is 12.4 Å². The van der Waals surface area contributed by atoms with Crippen LogP contribution in [0.3, 0.4) is 0 Å². The lowest BCUT2D eigenvalue weighted by Gasteiger charge is -2.30. The molecule has 162 valence electrons. The quantitative estimate of drug-likeness (QED) is 0.624. The van der Waals surface area contributed by atoms with Gasteiger partial charge >= 0.3 is 6.18 Å². The minimum absolute atomic E-state index is 0.225. The molecule has 1 atom stereocenters. The van der Waals surface area contributed by atoms with Gasteiger partial charge in [-0.05, 0) is 49.1 Å². The van der Waals surface area contributed by atoms with Crippen molar-refractivity contribution in [1.29, 1.82) is 0 Å². The molecule has 0 bridgehead atoms. The van der Waals surface area contributed by atoms with E-state index in [1.807, 2.05) is 31.2 Å². The highest BCUT2D eigenvalue weighted by molar-refractivity contribution is 5.89. The molecule has 2 aromatic carbocycles. The molecular formula is C23H23F3N4O. The number of hydrogen-bond donors (Lipinski definition) is 1. The molecule has 1 aliphatic rings. The fourth-order valence-electron chi connectivity index (χ4n) is 4.29. The van der Waals surface area contributed by atoms with Crippen molar-refractivity contribution in [2.24, 2.45) is 0 Å². The van der Waals surface area contributed by atoms with Crippen LogP contribution in [0.25, 0.3) is 5.69 Å². The van der Waals surface area contributed by atoms with E-state index in [0.29, 0.717) is 18.4 Å². The van der Waals surface area contributed by atoms with Gasteiger partial charge in [0.05, 0.1) is 22.7 Å². The minimum Gasteiger partial charge on any atom is -0.349 e. The SMILES string of the molecule is CC(NC(=O)C1(c2cccc(C(F)(F)F)c2)CCCC1)c1ccc(-n2cncn2)cc1. The Kier molecular flexibility index (Phi) is 5.56. The summed E-state index contributed by atoms with van der Waals surface area (Å²) >= 11 is 0. The Morgan fingerprint density at radius 2 is 1.84 bits per heavy atom. The maximum absolute atomic E-state index is 13.4. The third-order valence-electron chi connectivity index (χ3n) is 6.06. The predicted molar refractivity (Wildman–Crippen MR) is 110 cm³/mol. The summed E-state index contributed by atoms with van der Waals surface area (Å²) in [4.78, 5) is 17.3. The summed E-state index contributed by atoms with van der Waals surface area (Å²) in [5.74, 6) is -0.225. The summed E-state index contributed by atoms with van der Waals surface area (Å²) in [6, 6.07) is 12.5. The highest BCUT2D eigenvalue weighted by atomic mass is 19.4. The van der Waals surface area contributed by atoms with Gasteiger partial charge in [0.1, 0.15) is 12.7 Å². The average molecular weight is 428 g/mol. The second kappa shape index (κ2) is 8.17. The Morgan fingerprint density at radius 1 is 1.13 bits per heavy atom. The van der Waals surface area contributed by atoms with Crippen LogP contribution in [0.4, 0.5) is 13.2 Å². The van der Waals surface area contributed by atoms with E-state index in [1.54, 1.807) is 17.1 Å². The van der Waals surface area contributed by atoms with Crippen LogP contribution in [0.5, 0.6) is 0 Å². The van der Waals surface area contributed by atoms with E-state index < -0.39 is 17.2 Å². The fourth-order valence-corrected chi connectivity index (χ4v) is 4.29. The summed E-state index contributed by atoms with van der Waals surface area (Å²) in [6.07, 6.45) is 1.31. The molecule has 1 heterocycles. The molecule has 5 nitrogen and oxygen atoms in total. The van der Waals surface area contributed by atoms with Gasteiger partial charge in [0.2, 0.25) is 5.91 Å². The first-order chi connectivity index (χ1) is 14.8. The van der Waals surface area contributed by atoms with Gasteiger partial charge in [-0.1, -0.05) is 43.2 Å². The van der Waals surface area contributed by atoms with E-state index >= 15 is 0 Å². The van der Waals surface area contributed by atoms with E-state index in [0.717, 1.165) is 36.2 Å². The number of carbonyl (C=O) groups excluding carboxylic acids is 1. The number of aromatic nitrogens is 3. The Balaban J connectivity index is 1.55. The smallest absolute Gasteiger partial charge is 0.349 e. The van der Waals surface area contributed by atoms with Crippen LogP contribution in [0.2, 0.25) is 0 Å². The molecule has 1 amide bonds. The lowest BCUT2D eigenvalue weighted by molar-refractivity contribution is -0.138. The summed E-state index contributed by atoms with van der Waals surface area (Å²) in [6.45, 7) is 1.87. The third kappa shape index (κ3) is 4.19. The molecule has 3 aromatic rings. The van der Waals surface area contributed by atoms with Crippen molar-refractivity contribution in [1.82, 2.24) is 20.1 Å². The lowest BCUT2D eigenvalue weighted by Crippen LogP contribution is -2.43. The number of benzene rings is 2. The molecule has 8 heteroatoms. The van der Waals surface area contributed by atoms with Gasteiger partial charge < -0.3 is 5.32 Å². The zero-order chi connectivity index (χ0) is 22.1. The first-order valence-electron chi connectivity index (χ1n) is 10.2. The number of hydrogen-bond acceptors (Lipinski definition) is 3. The second-order valence-corrected chi connectivity index (χ2v) is 7.99. The zero-order valence-electron chi connectivity index (χ0n) is 17.1. The normalized spacial score (nSPS) is 16.8. The number of halogens is 3. The Morgan fingerprint density at radius 3 is 2.45 bits per heavy atom. The Hall–Kier alpha value is -3.16. The molecule has 1 aliphatic carbocycles. The molecule has 1 unspecified atom stereocenters. The number of alkyl halides is 3. The molecule has 0 aliphatic heterocycles. The van der Waals surface area contributed by atoms with Crippen molar-refractivity contribution in [3.8, 4) is 5.69 Å². The van der Waals surface area contributed by atoms with Crippen molar-refractivity contribution < 1.29 is 18.0 Å². The molecule has 4 rings (SSSR count). The van der Waals surface area contributed by atoms with E-state index in [-0.39, 0.29) is 11.9 Å². The highest BCUT2D eigenvalue weighted by Gasteiger charge is 2.44. The first-order valence-corrected chi connectivity index (χ1v) is 10.2. The third-order valence-corrected chi connectivity index (χ3v) is 6.06. The van der Waals surface area contributed by atoms with Crippen LogP contribution in [-0.2, 0) is 16.4 Å². The topological polar surface area (TPSA) is 59.8 Å². The van der Waals surface area contributed by atoms with Crippen molar-refractivity contribution in [2.75, 3.05) is 0 Å². The zero-order valence-corrected chi connectivity index (χ0v) is 17.1. The van der Waals surface area contributed by atoms with Gasteiger partial charge in [-0.2, -0.15) is 18.3 Å². The summed E-state index contributed by atoms with van der Waals surface area (Å²) < 4.78 is 41.3. The van der Waals surface area contributed by atoms with Crippen LogP contribution < -0.4 is 5.32 Å². The molecule has 31 heavy (non-hydrogen) atoms. The monoisotopic (exact) mass is 428 g/mol. The molecule has 1 saturated carbocycles. The molecule has 1 N–H and O–H groups in total. The molecule has 1 fully saturated rings. The number of nitrogens with one attached hydrogen (secondary N) is 1. The predicted octanol–water partition coefficient (Wildman–Crippen LogP) is 4.98. The Labute approximate surface area is 178 Å². The van der Waals surface area contributed by atoms with Gasteiger partial charge in [0, 0.05) is 0 Å². The molecule has 0 saturated heterocycles.